The predicted octanol–water partition coefficient (Wildman–Crippen LogP) is 1.78. The van der Waals surface area contributed by atoms with Gasteiger partial charge in [0, 0.05) is 11.9 Å². The van der Waals surface area contributed by atoms with Crippen LogP contribution in [0, 0.1) is 0 Å². The lowest BCUT2D eigenvalue weighted by atomic mass is 10.2. The van der Waals surface area contributed by atoms with E-state index in [2.05, 4.69) is 15.8 Å². The Morgan fingerprint density at radius 2 is 1.76 bits per heavy atom. The topological polar surface area (TPSA) is 71.1 Å². The maximum absolute atomic E-state index is 11.6. The Morgan fingerprint density at radius 3 is 2.48 bits per heavy atom. The van der Waals surface area contributed by atoms with E-state index in [9.17, 15) is 9.59 Å². The first-order chi connectivity index (χ1) is 10.3. The summed E-state index contributed by atoms with van der Waals surface area (Å²) in [4.78, 5) is 27.1. The van der Waals surface area contributed by atoms with Gasteiger partial charge in [0.25, 0.3) is 5.91 Å². The van der Waals surface area contributed by atoms with E-state index in [1.165, 1.54) is 18.0 Å². The van der Waals surface area contributed by atoms with Crippen LogP contribution in [0.4, 0.5) is 0 Å². The summed E-state index contributed by atoms with van der Waals surface area (Å²) in [6.45, 7) is 0. The Morgan fingerprint density at radius 1 is 1.00 bits per heavy atom. The fraction of sp³-hybridized carbons (Fsp3) is 0.133. The van der Waals surface area contributed by atoms with Crippen molar-refractivity contribution in [2.45, 2.75) is 5.75 Å². The zero-order valence-corrected chi connectivity index (χ0v) is 12.1. The van der Waals surface area contributed by atoms with Crippen LogP contribution in [0.15, 0.2) is 54.7 Å². The van der Waals surface area contributed by atoms with E-state index in [1.54, 1.807) is 18.2 Å². The van der Waals surface area contributed by atoms with Crippen molar-refractivity contribution in [2.24, 2.45) is 0 Å². The van der Waals surface area contributed by atoms with Gasteiger partial charge in [-0.3, -0.25) is 25.4 Å². The number of aromatic nitrogens is 1. The van der Waals surface area contributed by atoms with Gasteiger partial charge in [-0.1, -0.05) is 36.4 Å². The quantitative estimate of drug-likeness (QED) is 0.826. The van der Waals surface area contributed by atoms with Gasteiger partial charge in [0.05, 0.1) is 5.75 Å². The SMILES string of the molecule is O=C(CSCc1ccccc1)NNC(=O)c1ccccn1. The molecule has 1 heterocycles. The number of nitrogens with zero attached hydrogens (tertiary/aromatic N) is 1. The average molecular weight is 301 g/mol. The van der Waals surface area contributed by atoms with Gasteiger partial charge in [-0.2, -0.15) is 0 Å². The molecule has 0 atom stereocenters. The number of nitrogens with one attached hydrogen (secondary N) is 2. The number of pyridine rings is 1. The maximum Gasteiger partial charge on any atom is 0.288 e. The molecule has 0 bridgehead atoms. The minimum absolute atomic E-state index is 0.250. The van der Waals surface area contributed by atoms with E-state index < -0.39 is 5.91 Å². The number of thioether (sulfide) groups is 1. The zero-order valence-electron chi connectivity index (χ0n) is 11.3. The summed E-state index contributed by atoms with van der Waals surface area (Å²) in [6, 6.07) is 14.9. The number of hydrogen-bond donors (Lipinski definition) is 2. The summed E-state index contributed by atoms with van der Waals surface area (Å²) >= 11 is 1.48. The number of benzene rings is 1. The van der Waals surface area contributed by atoms with Crippen LogP contribution in [0.3, 0.4) is 0 Å². The van der Waals surface area contributed by atoms with Crippen molar-refractivity contribution >= 4 is 23.6 Å². The molecule has 0 unspecified atom stereocenters. The number of hydrazine groups is 1. The fourth-order valence-electron chi connectivity index (χ4n) is 1.56. The van der Waals surface area contributed by atoms with Crippen LogP contribution in [0.25, 0.3) is 0 Å². The molecule has 2 rings (SSSR count). The van der Waals surface area contributed by atoms with E-state index in [-0.39, 0.29) is 17.4 Å². The van der Waals surface area contributed by atoms with E-state index in [1.807, 2.05) is 30.3 Å². The number of rotatable bonds is 5. The molecule has 0 saturated carbocycles. The van der Waals surface area contributed by atoms with Crippen molar-refractivity contribution in [3.8, 4) is 0 Å². The molecule has 6 heteroatoms. The molecule has 2 N–H and O–H groups in total. The molecule has 1 aromatic heterocycles. The second-order valence-electron chi connectivity index (χ2n) is 4.20. The molecule has 5 nitrogen and oxygen atoms in total. The predicted molar refractivity (Wildman–Crippen MR) is 82.4 cm³/mol. The molecule has 2 amide bonds. The molecule has 0 aliphatic carbocycles. The second kappa shape index (κ2) is 8.06. The van der Waals surface area contributed by atoms with E-state index in [4.69, 9.17) is 0 Å². The first kappa shape index (κ1) is 15.1. The third kappa shape index (κ3) is 5.27. The molecule has 0 fully saturated rings. The zero-order chi connectivity index (χ0) is 14.9. The number of hydrogen-bond acceptors (Lipinski definition) is 4. The summed E-state index contributed by atoms with van der Waals surface area (Å²) in [5.74, 6) is 0.344. The van der Waals surface area contributed by atoms with Crippen molar-refractivity contribution < 1.29 is 9.59 Å². The van der Waals surface area contributed by atoms with Crippen molar-refractivity contribution in [3.05, 3.63) is 66.0 Å². The largest absolute Gasteiger partial charge is 0.288 e. The molecule has 2 aromatic rings. The molecule has 0 aliphatic heterocycles. The van der Waals surface area contributed by atoms with Gasteiger partial charge in [0.1, 0.15) is 5.69 Å². The Kier molecular flexibility index (Phi) is 5.78. The fourth-order valence-corrected chi connectivity index (χ4v) is 2.35. The number of carbonyl (C=O) groups is 2. The van der Waals surface area contributed by atoms with Crippen LogP contribution in [-0.2, 0) is 10.5 Å². The summed E-state index contributed by atoms with van der Waals surface area (Å²) in [5.41, 5.74) is 6.12. The molecule has 21 heavy (non-hydrogen) atoms. The smallest absolute Gasteiger partial charge is 0.272 e. The third-order valence-electron chi connectivity index (χ3n) is 2.56. The van der Waals surface area contributed by atoms with E-state index in [0.29, 0.717) is 0 Å². The van der Waals surface area contributed by atoms with Crippen molar-refractivity contribution in [3.63, 3.8) is 0 Å². The van der Waals surface area contributed by atoms with Gasteiger partial charge >= 0.3 is 0 Å². The molecule has 108 valence electrons. The van der Waals surface area contributed by atoms with Crippen LogP contribution in [0.2, 0.25) is 0 Å². The molecule has 0 aliphatic rings. The highest BCUT2D eigenvalue weighted by atomic mass is 32.2. The summed E-state index contributed by atoms with van der Waals surface area (Å²) in [7, 11) is 0. The van der Waals surface area contributed by atoms with Gasteiger partial charge in [0.2, 0.25) is 5.91 Å². The third-order valence-corrected chi connectivity index (χ3v) is 3.56. The minimum atomic E-state index is -0.433. The van der Waals surface area contributed by atoms with Crippen LogP contribution in [0.1, 0.15) is 16.1 Å². The maximum atomic E-state index is 11.6. The first-order valence-electron chi connectivity index (χ1n) is 6.37. The average Bonchev–Trinajstić information content (AvgIpc) is 2.54. The van der Waals surface area contributed by atoms with Gasteiger partial charge in [0.15, 0.2) is 0 Å². The molecule has 0 saturated heterocycles. The second-order valence-corrected chi connectivity index (χ2v) is 5.18. The Hall–Kier alpha value is -2.34. The molecule has 1 aromatic carbocycles. The molecule has 0 radical (unpaired) electrons. The van der Waals surface area contributed by atoms with Gasteiger partial charge in [-0.15, -0.1) is 11.8 Å². The van der Waals surface area contributed by atoms with Crippen molar-refractivity contribution in [2.75, 3.05) is 5.75 Å². The van der Waals surface area contributed by atoms with Gasteiger partial charge in [-0.05, 0) is 17.7 Å². The van der Waals surface area contributed by atoms with Crippen molar-refractivity contribution in [1.82, 2.24) is 15.8 Å². The number of carbonyl (C=O) groups excluding carboxylic acids is 2. The summed E-state index contributed by atoms with van der Waals surface area (Å²) in [6.07, 6.45) is 1.52. The van der Waals surface area contributed by atoms with Gasteiger partial charge < -0.3 is 0 Å². The first-order valence-corrected chi connectivity index (χ1v) is 7.53. The highest BCUT2D eigenvalue weighted by Gasteiger charge is 2.07. The lowest BCUT2D eigenvalue weighted by molar-refractivity contribution is -0.119. The van der Waals surface area contributed by atoms with Crippen LogP contribution < -0.4 is 10.9 Å². The normalized spacial score (nSPS) is 9.90. The van der Waals surface area contributed by atoms with Crippen LogP contribution >= 0.6 is 11.8 Å². The Labute approximate surface area is 127 Å². The molecular weight excluding hydrogens is 286 g/mol. The lowest BCUT2D eigenvalue weighted by Gasteiger charge is -2.06. The molecule has 0 spiro atoms. The minimum Gasteiger partial charge on any atom is -0.272 e. The van der Waals surface area contributed by atoms with E-state index in [0.717, 1.165) is 11.3 Å². The van der Waals surface area contributed by atoms with Gasteiger partial charge in [-0.25, -0.2) is 0 Å². The highest BCUT2D eigenvalue weighted by Crippen LogP contribution is 2.10. The van der Waals surface area contributed by atoms with Crippen molar-refractivity contribution in [1.29, 1.82) is 0 Å². The Bertz CT molecular complexity index is 590. The van der Waals surface area contributed by atoms with Crippen LogP contribution in [0.5, 0.6) is 0 Å². The number of amides is 2. The standard InChI is InChI=1S/C15H15N3O2S/c19-14(11-21-10-12-6-2-1-3-7-12)17-18-15(20)13-8-4-5-9-16-13/h1-9H,10-11H2,(H,17,19)(H,18,20). The Balaban J connectivity index is 1.67. The monoisotopic (exact) mass is 301 g/mol. The lowest BCUT2D eigenvalue weighted by Crippen LogP contribution is -2.42. The van der Waals surface area contributed by atoms with E-state index >= 15 is 0 Å². The molecular formula is C15H15N3O2S. The summed E-state index contributed by atoms with van der Waals surface area (Å²) < 4.78 is 0. The van der Waals surface area contributed by atoms with Crippen LogP contribution in [-0.4, -0.2) is 22.6 Å². The highest BCUT2D eigenvalue weighted by molar-refractivity contribution is 7.99. The summed E-state index contributed by atoms with van der Waals surface area (Å²) in [5, 5.41) is 0.